The lowest BCUT2D eigenvalue weighted by molar-refractivity contribution is 0.0936. The summed E-state index contributed by atoms with van der Waals surface area (Å²) in [5.74, 6) is -0.275. The number of pyridine rings is 1. The molecule has 104 valence electrons. The van der Waals surface area contributed by atoms with Crippen LogP contribution in [0.25, 0.3) is 0 Å². The maximum atomic E-state index is 12.2. The Morgan fingerprint density at radius 1 is 1.30 bits per heavy atom. The van der Waals surface area contributed by atoms with Gasteiger partial charge < -0.3 is 15.2 Å². The molecule has 0 spiro atoms. The van der Waals surface area contributed by atoms with E-state index in [1.807, 2.05) is 25.1 Å². The number of carbonyl (C=O) groups is 1. The number of benzene rings is 1. The van der Waals surface area contributed by atoms with Gasteiger partial charge in [-0.3, -0.25) is 9.78 Å². The van der Waals surface area contributed by atoms with Crippen LogP contribution in [-0.4, -0.2) is 23.1 Å². The molecule has 0 bridgehead atoms. The molecule has 0 saturated heterocycles. The third-order valence-corrected chi connectivity index (χ3v) is 2.94. The Balaban J connectivity index is 2.17. The molecular formula is C15H16N2O3. The molecule has 0 aliphatic heterocycles. The van der Waals surface area contributed by atoms with E-state index >= 15 is 0 Å². The van der Waals surface area contributed by atoms with E-state index in [1.54, 1.807) is 24.4 Å². The molecule has 1 unspecified atom stereocenters. The van der Waals surface area contributed by atoms with Crippen LogP contribution in [-0.2, 0) is 0 Å². The Labute approximate surface area is 117 Å². The van der Waals surface area contributed by atoms with Crippen molar-refractivity contribution in [3.63, 3.8) is 0 Å². The molecule has 0 saturated carbocycles. The highest BCUT2D eigenvalue weighted by molar-refractivity contribution is 5.97. The summed E-state index contributed by atoms with van der Waals surface area (Å²) in [6.45, 7) is 1.83. The molecule has 0 radical (unpaired) electrons. The number of amides is 1. The van der Waals surface area contributed by atoms with Crippen LogP contribution in [0.2, 0.25) is 0 Å². The van der Waals surface area contributed by atoms with Crippen molar-refractivity contribution in [1.82, 2.24) is 10.3 Å². The summed E-state index contributed by atoms with van der Waals surface area (Å²) in [4.78, 5) is 16.3. The van der Waals surface area contributed by atoms with Crippen LogP contribution in [0.5, 0.6) is 11.5 Å². The average Bonchev–Trinajstić information content (AvgIpc) is 2.48. The van der Waals surface area contributed by atoms with Crippen LogP contribution < -0.4 is 10.1 Å². The summed E-state index contributed by atoms with van der Waals surface area (Å²) in [7, 11) is 1.44. The van der Waals surface area contributed by atoms with Gasteiger partial charge in [0.1, 0.15) is 0 Å². The first-order chi connectivity index (χ1) is 9.63. The third-order valence-electron chi connectivity index (χ3n) is 2.94. The maximum Gasteiger partial charge on any atom is 0.255 e. The van der Waals surface area contributed by atoms with Gasteiger partial charge in [-0.25, -0.2) is 0 Å². The van der Waals surface area contributed by atoms with E-state index in [0.29, 0.717) is 0 Å². The minimum atomic E-state index is -0.375. The number of phenols is 1. The van der Waals surface area contributed by atoms with Crippen LogP contribution in [0.4, 0.5) is 0 Å². The largest absolute Gasteiger partial charge is 0.504 e. The smallest absolute Gasteiger partial charge is 0.255 e. The number of hydrogen-bond donors (Lipinski definition) is 2. The van der Waals surface area contributed by atoms with Gasteiger partial charge in [0.25, 0.3) is 5.91 Å². The highest BCUT2D eigenvalue weighted by Crippen LogP contribution is 2.29. The quantitative estimate of drug-likeness (QED) is 0.895. The second kappa shape index (κ2) is 6.06. The van der Waals surface area contributed by atoms with E-state index in [9.17, 15) is 9.90 Å². The normalized spacial score (nSPS) is 11.7. The van der Waals surface area contributed by atoms with Crippen LogP contribution in [0, 0.1) is 0 Å². The Morgan fingerprint density at radius 3 is 2.75 bits per heavy atom. The summed E-state index contributed by atoms with van der Waals surface area (Å²) in [5.41, 5.74) is 0.926. The molecule has 0 aliphatic carbocycles. The van der Waals surface area contributed by atoms with Gasteiger partial charge in [0.2, 0.25) is 0 Å². The first kappa shape index (κ1) is 13.9. The number of carbonyl (C=O) groups excluding carboxylic acids is 1. The SMILES string of the molecule is COc1cccc(C(=O)NC(C)c2ccccn2)c1O. The second-order valence-corrected chi connectivity index (χ2v) is 4.31. The lowest BCUT2D eigenvalue weighted by Crippen LogP contribution is -2.27. The number of ether oxygens (including phenoxy) is 1. The van der Waals surface area contributed by atoms with Gasteiger partial charge in [0.15, 0.2) is 11.5 Å². The minimum absolute atomic E-state index is 0.166. The van der Waals surface area contributed by atoms with Crippen molar-refractivity contribution >= 4 is 5.91 Å². The summed E-state index contributed by atoms with van der Waals surface area (Å²) in [5, 5.41) is 12.7. The van der Waals surface area contributed by atoms with Gasteiger partial charge in [0.05, 0.1) is 24.4 Å². The molecular weight excluding hydrogens is 256 g/mol. The molecule has 1 amide bonds. The molecule has 1 aromatic carbocycles. The number of rotatable bonds is 4. The predicted octanol–water partition coefficient (Wildman–Crippen LogP) is 2.29. The van der Waals surface area contributed by atoms with Crippen molar-refractivity contribution in [3.05, 3.63) is 53.9 Å². The van der Waals surface area contributed by atoms with Gasteiger partial charge in [-0.1, -0.05) is 12.1 Å². The van der Waals surface area contributed by atoms with Crippen molar-refractivity contribution in [2.24, 2.45) is 0 Å². The molecule has 1 aromatic heterocycles. The highest BCUT2D eigenvalue weighted by Gasteiger charge is 2.17. The van der Waals surface area contributed by atoms with Crippen molar-refractivity contribution in [2.45, 2.75) is 13.0 Å². The van der Waals surface area contributed by atoms with Crippen LogP contribution in [0.1, 0.15) is 29.0 Å². The molecule has 5 nitrogen and oxygen atoms in total. The molecule has 0 fully saturated rings. The first-order valence-electron chi connectivity index (χ1n) is 6.21. The van der Waals surface area contributed by atoms with Crippen molar-refractivity contribution in [3.8, 4) is 11.5 Å². The number of methoxy groups -OCH3 is 1. The standard InChI is InChI=1S/C15H16N2O3/c1-10(12-7-3-4-9-16-12)17-15(19)11-6-5-8-13(20-2)14(11)18/h3-10,18H,1-2H3,(H,17,19). The molecule has 5 heteroatoms. The first-order valence-corrected chi connectivity index (χ1v) is 6.21. The fourth-order valence-electron chi connectivity index (χ4n) is 1.85. The Kier molecular flexibility index (Phi) is 4.20. The third kappa shape index (κ3) is 2.88. The minimum Gasteiger partial charge on any atom is -0.504 e. The van der Waals surface area contributed by atoms with Crippen molar-refractivity contribution in [2.75, 3.05) is 7.11 Å². The topological polar surface area (TPSA) is 71.5 Å². The van der Waals surface area contributed by atoms with Crippen molar-refractivity contribution < 1.29 is 14.6 Å². The monoisotopic (exact) mass is 272 g/mol. The summed E-state index contributed by atoms with van der Waals surface area (Å²) >= 11 is 0. The van der Waals surface area contributed by atoms with Gasteiger partial charge in [-0.2, -0.15) is 0 Å². The number of hydrogen-bond acceptors (Lipinski definition) is 4. The molecule has 2 N–H and O–H groups in total. The van der Waals surface area contributed by atoms with E-state index in [2.05, 4.69) is 10.3 Å². The highest BCUT2D eigenvalue weighted by atomic mass is 16.5. The van der Waals surface area contributed by atoms with E-state index in [0.717, 1.165) is 5.69 Å². The number of aromatic nitrogens is 1. The zero-order chi connectivity index (χ0) is 14.5. The van der Waals surface area contributed by atoms with Gasteiger partial charge >= 0.3 is 0 Å². The fraction of sp³-hybridized carbons (Fsp3) is 0.200. The molecule has 20 heavy (non-hydrogen) atoms. The maximum absolute atomic E-state index is 12.2. The number of para-hydroxylation sites is 1. The molecule has 2 aromatic rings. The summed E-state index contributed by atoms with van der Waals surface area (Å²) in [6.07, 6.45) is 1.67. The van der Waals surface area contributed by atoms with Gasteiger partial charge in [-0.15, -0.1) is 0 Å². The average molecular weight is 272 g/mol. The van der Waals surface area contributed by atoms with E-state index < -0.39 is 0 Å². The van der Waals surface area contributed by atoms with Crippen LogP contribution >= 0.6 is 0 Å². The number of nitrogens with zero attached hydrogens (tertiary/aromatic N) is 1. The van der Waals surface area contributed by atoms with Crippen molar-refractivity contribution in [1.29, 1.82) is 0 Å². The predicted molar refractivity (Wildman–Crippen MR) is 74.8 cm³/mol. The number of aromatic hydroxyl groups is 1. The van der Waals surface area contributed by atoms with Gasteiger partial charge in [-0.05, 0) is 31.2 Å². The number of phenolic OH excluding ortho intramolecular Hbond substituents is 1. The Bertz CT molecular complexity index is 599. The van der Waals surface area contributed by atoms with Gasteiger partial charge in [0, 0.05) is 6.20 Å². The summed E-state index contributed by atoms with van der Waals surface area (Å²) in [6, 6.07) is 10.0. The van der Waals surface area contributed by atoms with Crippen LogP contribution in [0.15, 0.2) is 42.6 Å². The molecule has 1 heterocycles. The van der Waals surface area contributed by atoms with Crippen LogP contribution in [0.3, 0.4) is 0 Å². The fourth-order valence-corrected chi connectivity index (χ4v) is 1.85. The van der Waals surface area contributed by atoms with E-state index in [1.165, 1.54) is 7.11 Å². The molecule has 0 aliphatic rings. The van der Waals surface area contributed by atoms with E-state index in [4.69, 9.17) is 4.74 Å². The number of nitrogens with one attached hydrogen (secondary N) is 1. The lowest BCUT2D eigenvalue weighted by Gasteiger charge is -2.14. The zero-order valence-corrected chi connectivity index (χ0v) is 11.3. The second-order valence-electron chi connectivity index (χ2n) is 4.31. The Hall–Kier alpha value is -2.56. The Morgan fingerprint density at radius 2 is 2.10 bits per heavy atom. The zero-order valence-electron chi connectivity index (χ0n) is 11.3. The molecule has 1 atom stereocenters. The summed E-state index contributed by atoms with van der Waals surface area (Å²) < 4.78 is 4.98. The van der Waals surface area contributed by atoms with E-state index in [-0.39, 0.29) is 29.0 Å². The lowest BCUT2D eigenvalue weighted by atomic mass is 10.1. The molecule has 2 rings (SSSR count).